The van der Waals surface area contributed by atoms with Gasteiger partial charge in [-0.2, -0.15) is 5.26 Å². The standard InChI is InChI=1S/C11H16N2O2/c1-3-4-9(7-12)13-10(14)5-8(2)6-11(13)15/h8-9H,3-6H2,1-2H3. The fraction of sp³-hybridized carbons (Fsp3) is 0.727. The molecule has 4 nitrogen and oxygen atoms in total. The van der Waals surface area contributed by atoms with Gasteiger partial charge in [0, 0.05) is 12.8 Å². The van der Waals surface area contributed by atoms with Crippen LogP contribution in [-0.2, 0) is 9.59 Å². The minimum atomic E-state index is -0.567. The molecule has 0 aromatic carbocycles. The Morgan fingerprint density at radius 2 is 2.00 bits per heavy atom. The van der Waals surface area contributed by atoms with Crippen LogP contribution < -0.4 is 0 Å². The number of likely N-dealkylation sites (tertiary alicyclic amines) is 1. The molecular weight excluding hydrogens is 192 g/mol. The molecule has 1 heterocycles. The van der Waals surface area contributed by atoms with Crippen molar-refractivity contribution < 1.29 is 9.59 Å². The van der Waals surface area contributed by atoms with Crippen molar-refractivity contribution in [3.63, 3.8) is 0 Å². The molecule has 0 radical (unpaired) electrons. The molecule has 0 aromatic heterocycles. The first kappa shape index (κ1) is 11.7. The van der Waals surface area contributed by atoms with Crippen molar-refractivity contribution in [2.45, 2.75) is 45.6 Å². The summed E-state index contributed by atoms with van der Waals surface area (Å²) in [5.41, 5.74) is 0. The van der Waals surface area contributed by atoms with Crippen LogP contribution in [0.1, 0.15) is 39.5 Å². The van der Waals surface area contributed by atoms with Gasteiger partial charge >= 0.3 is 0 Å². The number of piperidine rings is 1. The quantitative estimate of drug-likeness (QED) is 0.660. The molecule has 0 N–H and O–H groups in total. The lowest BCUT2D eigenvalue weighted by molar-refractivity contribution is -0.151. The highest BCUT2D eigenvalue weighted by Crippen LogP contribution is 2.22. The number of nitriles is 1. The molecule has 2 amide bonds. The van der Waals surface area contributed by atoms with Gasteiger partial charge in [0.2, 0.25) is 11.8 Å². The first-order valence-electron chi connectivity index (χ1n) is 5.34. The number of carbonyl (C=O) groups excluding carboxylic acids is 2. The second kappa shape index (κ2) is 4.92. The molecule has 1 saturated heterocycles. The van der Waals surface area contributed by atoms with Gasteiger partial charge in [-0.25, -0.2) is 0 Å². The van der Waals surface area contributed by atoms with Crippen LogP contribution in [0.3, 0.4) is 0 Å². The van der Waals surface area contributed by atoms with Crippen molar-refractivity contribution in [3.8, 4) is 6.07 Å². The van der Waals surface area contributed by atoms with Gasteiger partial charge in [-0.1, -0.05) is 20.3 Å². The lowest BCUT2D eigenvalue weighted by Gasteiger charge is -2.31. The van der Waals surface area contributed by atoms with E-state index in [1.54, 1.807) is 0 Å². The van der Waals surface area contributed by atoms with E-state index in [1.807, 2.05) is 19.9 Å². The molecule has 1 fully saturated rings. The first-order valence-corrected chi connectivity index (χ1v) is 5.34. The minimum absolute atomic E-state index is 0.113. The molecule has 1 aliphatic heterocycles. The van der Waals surface area contributed by atoms with Crippen LogP contribution in [0.5, 0.6) is 0 Å². The Morgan fingerprint density at radius 3 is 2.40 bits per heavy atom. The fourth-order valence-corrected chi connectivity index (χ4v) is 1.88. The third kappa shape index (κ3) is 2.56. The van der Waals surface area contributed by atoms with Gasteiger partial charge < -0.3 is 0 Å². The third-order valence-corrected chi connectivity index (χ3v) is 2.61. The smallest absolute Gasteiger partial charge is 0.230 e. The summed E-state index contributed by atoms with van der Waals surface area (Å²) in [4.78, 5) is 24.4. The molecule has 1 aliphatic rings. The van der Waals surface area contributed by atoms with Gasteiger partial charge in [0.05, 0.1) is 6.07 Å². The number of hydrogen-bond donors (Lipinski definition) is 0. The van der Waals surface area contributed by atoms with E-state index < -0.39 is 6.04 Å². The van der Waals surface area contributed by atoms with E-state index in [0.717, 1.165) is 11.3 Å². The molecule has 1 atom stereocenters. The minimum Gasteiger partial charge on any atom is -0.274 e. The van der Waals surface area contributed by atoms with Crippen molar-refractivity contribution >= 4 is 11.8 Å². The Hall–Kier alpha value is -1.37. The largest absolute Gasteiger partial charge is 0.274 e. The molecule has 0 spiro atoms. The normalized spacial score (nSPS) is 20.2. The Labute approximate surface area is 89.9 Å². The number of amides is 2. The third-order valence-electron chi connectivity index (χ3n) is 2.61. The Kier molecular flexibility index (Phi) is 3.84. The summed E-state index contributed by atoms with van der Waals surface area (Å²) in [6, 6.07) is 1.47. The lowest BCUT2D eigenvalue weighted by atomic mass is 9.96. The molecule has 1 unspecified atom stereocenters. The van der Waals surface area contributed by atoms with Crippen LogP contribution in [-0.4, -0.2) is 22.8 Å². The maximum absolute atomic E-state index is 11.6. The van der Waals surface area contributed by atoms with Gasteiger partial charge in [0.1, 0.15) is 6.04 Å². The zero-order valence-electron chi connectivity index (χ0n) is 9.19. The molecule has 4 heteroatoms. The van der Waals surface area contributed by atoms with E-state index >= 15 is 0 Å². The van der Waals surface area contributed by atoms with E-state index in [4.69, 9.17) is 5.26 Å². The molecule has 0 bridgehead atoms. The van der Waals surface area contributed by atoms with Gasteiger partial charge in [-0.3, -0.25) is 14.5 Å². The summed E-state index contributed by atoms with van der Waals surface area (Å²) in [6.07, 6.45) is 2.13. The zero-order valence-corrected chi connectivity index (χ0v) is 9.19. The fourth-order valence-electron chi connectivity index (χ4n) is 1.88. The van der Waals surface area contributed by atoms with Gasteiger partial charge in [-0.15, -0.1) is 0 Å². The second-order valence-corrected chi connectivity index (χ2v) is 4.10. The van der Waals surface area contributed by atoms with E-state index in [1.165, 1.54) is 0 Å². The highest BCUT2D eigenvalue weighted by atomic mass is 16.2. The molecule has 0 saturated carbocycles. The Morgan fingerprint density at radius 1 is 1.47 bits per heavy atom. The summed E-state index contributed by atoms with van der Waals surface area (Å²) in [5.74, 6) is -0.278. The predicted octanol–water partition coefficient (Wildman–Crippen LogP) is 1.46. The van der Waals surface area contributed by atoms with E-state index in [-0.39, 0.29) is 17.7 Å². The van der Waals surface area contributed by atoms with Crippen molar-refractivity contribution in [3.05, 3.63) is 0 Å². The highest BCUT2D eigenvalue weighted by molar-refractivity contribution is 5.98. The summed E-state index contributed by atoms with van der Waals surface area (Å²) in [5, 5.41) is 8.91. The van der Waals surface area contributed by atoms with Gasteiger partial charge in [0.25, 0.3) is 0 Å². The van der Waals surface area contributed by atoms with Crippen LogP contribution in [0.4, 0.5) is 0 Å². The average Bonchev–Trinajstić information content (AvgIpc) is 2.14. The zero-order chi connectivity index (χ0) is 11.4. The predicted molar refractivity (Wildman–Crippen MR) is 54.6 cm³/mol. The van der Waals surface area contributed by atoms with Crippen molar-refractivity contribution in [2.24, 2.45) is 5.92 Å². The van der Waals surface area contributed by atoms with Crippen molar-refractivity contribution in [1.82, 2.24) is 4.90 Å². The maximum Gasteiger partial charge on any atom is 0.230 e. The molecular formula is C11H16N2O2. The van der Waals surface area contributed by atoms with Crippen molar-refractivity contribution in [2.75, 3.05) is 0 Å². The summed E-state index contributed by atoms with van der Waals surface area (Å²) < 4.78 is 0. The van der Waals surface area contributed by atoms with Crippen LogP contribution in [0.2, 0.25) is 0 Å². The molecule has 1 rings (SSSR count). The average molecular weight is 208 g/mol. The molecule has 0 aromatic rings. The number of rotatable bonds is 3. The number of hydrogen-bond acceptors (Lipinski definition) is 3. The highest BCUT2D eigenvalue weighted by Gasteiger charge is 2.34. The SMILES string of the molecule is CCCC(C#N)N1C(=O)CC(C)CC1=O. The van der Waals surface area contributed by atoms with Gasteiger partial charge in [0.15, 0.2) is 0 Å². The lowest BCUT2D eigenvalue weighted by Crippen LogP contribution is -2.48. The monoisotopic (exact) mass is 208 g/mol. The first-order chi connectivity index (χ1) is 7.10. The maximum atomic E-state index is 11.6. The van der Waals surface area contributed by atoms with Crippen LogP contribution in [0.25, 0.3) is 0 Å². The van der Waals surface area contributed by atoms with Crippen LogP contribution in [0.15, 0.2) is 0 Å². The number of imide groups is 1. The molecule has 15 heavy (non-hydrogen) atoms. The summed E-state index contributed by atoms with van der Waals surface area (Å²) in [7, 11) is 0. The van der Waals surface area contributed by atoms with E-state index in [2.05, 4.69) is 0 Å². The number of nitrogens with zero attached hydrogens (tertiary/aromatic N) is 2. The number of carbonyl (C=O) groups is 2. The van der Waals surface area contributed by atoms with Crippen LogP contribution in [0, 0.1) is 17.2 Å². The topological polar surface area (TPSA) is 61.2 Å². The summed E-state index contributed by atoms with van der Waals surface area (Å²) in [6.45, 7) is 3.82. The Bertz CT molecular complexity index is 288. The van der Waals surface area contributed by atoms with Crippen molar-refractivity contribution in [1.29, 1.82) is 5.26 Å². The van der Waals surface area contributed by atoms with E-state index in [9.17, 15) is 9.59 Å². The van der Waals surface area contributed by atoms with Gasteiger partial charge in [-0.05, 0) is 12.3 Å². The van der Waals surface area contributed by atoms with E-state index in [0.29, 0.717) is 19.3 Å². The summed E-state index contributed by atoms with van der Waals surface area (Å²) >= 11 is 0. The molecule has 82 valence electrons. The Balaban J connectivity index is 2.79. The molecule has 0 aliphatic carbocycles. The van der Waals surface area contributed by atoms with Crippen LogP contribution >= 0.6 is 0 Å². The second-order valence-electron chi connectivity index (χ2n) is 4.10.